The molecule has 0 aliphatic carbocycles. The van der Waals surface area contributed by atoms with E-state index < -0.39 is 11.5 Å². The molecule has 0 unspecified atom stereocenters. The van der Waals surface area contributed by atoms with E-state index in [2.05, 4.69) is 10.3 Å². The molecule has 2 heterocycles. The fourth-order valence-corrected chi connectivity index (χ4v) is 2.37. The highest BCUT2D eigenvalue weighted by Crippen LogP contribution is 2.13. The van der Waals surface area contributed by atoms with Crippen molar-refractivity contribution in [1.29, 1.82) is 0 Å². The quantitative estimate of drug-likeness (QED) is 0.788. The molecule has 7 nitrogen and oxygen atoms in total. The van der Waals surface area contributed by atoms with Crippen molar-refractivity contribution in [3.63, 3.8) is 0 Å². The number of hydrogen-bond donors (Lipinski definition) is 1. The molecule has 2 aromatic heterocycles. The Labute approximate surface area is 143 Å². The van der Waals surface area contributed by atoms with Crippen LogP contribution in [0.15, 0.2) is 59.7 Å². The van der Waals surface area contributed by atoms with Crippen molar-refractivity contribution in [2.45, 2.75) is 0 Å². The SMILES string of the molecule is CN(C)C(=O)c1cccc(NC(=O)c2cnc3ccccn3c2=O)c1. The maximum absolute atomic E-state index is 12.4. The molecular weight excluding hydrogens is 320 g/mol. The fraction of sp³-hybridized carbons (Fsp3) is 0.111. The van der Waals surface area contributed by atoms with Gasteiger partial charge < -0.3 is 10.2 Å². The van der Waals surface area contributed by atoms with Crippen LogP contribution < -0.4 is 10.9 Å². The number of anilines is 1. The summed E-state index contributed by atoms with van der Waals surface area (Å²) in [4.78, 5) is 42.4. The lowest BCUT2D eigenvalue weighted by molar-refractivity contribution is 0.0827. The Bertz CT molecular complexity index is 1020. The number of carbonyl (C=O) groups excluding carboxylic acids is 2. The molecule has 0 aliphatic rings. The van der Waals surface area contributed by atoms with Crippen LogP contribution in [0.4, 0.5) is 5.69 Å². The Kier molecular flexibility index (Phi) is 4.30. The van der Waals surface area contributed by atoms with Gasteiger partial charge in [-0.2, -0.15) is 0 Å². The van der Waals surface area contributed by atoms with E-state index >= 15 is 0 Å². The van der Waals surface area contributed by atoms with Crippen LogP contribution in [0.5, 0.6) is 0 Å². The van der Waals surface area contributed by atoms with Gasteiger partial charge in [-0.15, -0.1) is 0 Å². The first kappa shape index (κ1) is 16.4. The molecule has 0 radical (unpaired) electrons. The van der Waals surface area contributed by atoms with Crippen LogP contribution >= 0.6 is 0 Å². The second kappa shape index (κ2) is 6.56. The van der Waals surface area contributed by atoms with Gasteiger partial charge in [0.15, 0.2) is 0 Å². The summed E-state index contributed by atoms with van der Waals surface area (Å²) in [6.07, 6.45) is 2.81. The molecule has 0 aliphatic heterocycles. The minimum Gasteiger partial charge on any atom is -0.345 e. The first-order valence-electron chi connectivity index (χ1n) is 7.57. The number of fused-ring (bicyclic) bond motifs is 1. The third kappa shape index (κ3) is 3.25. The number of benzene rings is 1. The van der Waals surface area contributed by atoms with E-state index in [4.69, 9.17) is 0 Å². The molecule has 0 bridgehead atoms. The summed E-state index contributed by atoms with van der Waals surface area (Å²) in [5, 5.41) is 2.63. The number of nitrogens with zero attached hydrogens (tertiary/aromatic N) is 3. The zero-order valence-electron chi connectivity index (χ0n) is 13.8. The number of aromatic nitrogens is 2. The lowest BCUT2D eigenvalue weighted by Crippen LogP contribution is -2.26. The van der Waals surface area contributed by atoms with Gasteiger partial charge in [-0.3, -0.25) is 18.8 Å². The van der Waals surface area contributed by atoms with Crippen molar-refractivity contribution in [3.8, 4) is 0 Å². The van der Waals surface area contributed by atoms with Crippen LogP contribution in [-0.2, 0) is 0 Å². The van der Waals surface area contributed by atoms with Gasteiger partial charge in [0, 0.05) is 37.7 Å². The second-order valence-corrected chi connectivity index (χ2v) is 5.64. The number of amides is 2. The summed E-state index contributed by atoms with van der Waals surface area (Å²) in [6, 6.07) is 11.7. The molecular formula is C18H16N4O3. The Morgan fingerprint density at radius 1 is 1.12 bits per heavy atom. The highest BCUT2D eigenvalue weighted by Gasteiger charge is 2.14. The van der Waals surface area contributed by atoms with Crippen molar-refractivity contribution in [2.24, 2.45) is 0 Å². The number of pyridine rings is 1. The molecule has 0 fully saturated rings. The largest absolute Gasteiger partial charge is 0.345 e. The summed E-state index contributed by atoms with van der Waals surface area (Å²) < 4.78 is 1.31. The zero-order chi connectivity index (χ0) is 18.0. The predicted molar refractivity (Wildman–Crippen MR) is 93.9 cm³/mol. The van der Waals surface area contributed by atoms with Gasteiger partial charge in [0.25, 0.3) is 17.4 Å². The van der Waals surface area contributed by atoms with Crippen LogP contribution in [0.25, 0.3) is 5.65 Å². The number of carbonyl (C=O) groups is 2. The first-order chi connectivity index (χ1) is 12.0. The number of hydrogen-bond acceptors (Lipinski definition) is 4. The maximum atomic E-state index is 12.4. The Hall–Kier alpha value is -3.48. The Morgan fingerprint density at radius 3 is 2.68 bits per heavy atom. The lowest BCUT2D eigenvalue weighted by atomic mass is 10.1. The van der Waals surface area contributed by atoms with E-state index in [1.165, 1.54) is 15.5 Å². The van der Waals surface area contributed by atoms with E-state index in [0.717, 1.165) is 0 Å². The van der Waals surface area contributed by atoms with Gasteiger partial charge in [0.1, 0.15) is 11.2 Å². The fourth-order valence-electron chi connectivity index (χ4n) is 2.37. The zero-order valence-corrected chi connectivity index (χ0v) is 13.8. The molecule has 3 rings (SSSR count). The highest BCUT2D eigenvalue weighted by molar-refractivity contribution is 6.04. The van der Waals surface area contributed by atoms with Crippen LogP contribution in [0.3, 0.4) is 0 Å². The van der Waals surface area contributed by atoms with Gasteiger partial charge in [-0.25, -0.2) is 4.98 Å². The first-order valence-corrected chi connectivity index (χ1v) is 7.57. The van der Waals surface area contributed by atoms with Crippen LogP contribution in [0.1, 0.15) is 20.7 Å². The topological polar surface area (TPSA) is 83.8 Å². The molecule has 1 aromatic carbocycles. The minimum atomic E-state index is -0.579. The molecule has 3 aromatic rings. The Morgan fingerprint density at radius 2 is 1.92 bits per heavy atom. The molecule has 0 atom stereocenters. The lowest BCUT2D eigenvalue weighted by Gasteiger charge is -2.11. The van der Waals surface area contributed by atoms with Crippen molar-refractivity contribution in [2.75, 3.05) is 19.4 Å². The summed E-state index contributed by atoms with van der Waals surface area (Å²) in [5.41, 5.74) is 0.797. The smallest absolute Gasteiger partial charge is 0.270 e. The van der Waals surface area contributed by atoms with Crippen LogP contribution in [0, 0.1) is 0 Å². The monoisotopic (exact) mass is 336 g/mol. The third-order valence-electron chi connectivity index (χ3n) is 3.63. The van der Waals surface area contributed by atoms with Crippen LogP contribution in [-0.4, -0.2) is 40.2 Å². The van der Waals surface area contributed by atoms with Crippen molar-refractivity contribution in [1.82, 2.24) is 14.3 Å². The number of rotatable bonds is 3. The van der Waals surface area contributed by atoms with E-state index in [0.29, 0.717) is 16.9 Å². The van der Waals surface area contributed by atoms with Gasteiger partial charge in [0.05, 0.1) is 0 Å². The van der Waals surface area contributed by atoms with Crippen molar-refractivity contribution < 1.29 is 9.59 Å². The van der Waals surface area contributed by atoms with Crippen molar-refractivity contribution in [3.05, 3.63) is 76.3 Å². The van der Waals surface area contributed by atoms with E-state index in [-0.39, 0.29) is 11.5 Å². The highest BCUT2D eigenvalue weighted by atomic mass is 16.2. The molecule has 25 heavy (non-hydrogen) atoms. The van der Waals surface area contributed by atoms with Crippen molar-refractivity contribution >= 4 is 23.1 Å². The molecule has 126 valence electrons. The average Bonchev–Trinajstić information content (AvgIpc) is 2.61. The molecule has 0 saturated heterocycles. The molecule has 2 amide bonds. The standard InChI is InChI=1S/C18H16N4O3/c1-21(2)17(24)12-6-5-7-13(10-12)20-16(23)14-11-19-15-8-3-4-9-22(15)18(14)25/h3-11H,1-2H3,(H,20,23). The molecule has 0 spiro atoms. The predicted octanol–water partition coefficient (Wildman–Crippen LogP) is 1.65. The Balaban J connectivity index is 1.91. The second-order valence-electron chi connectivity index (χ2n) is 5.64. The van der Waals surface area contributed by atoms with Gasteiger partial charge in [-0.1, -0.05) is 12.1 Å². The minimum absolute atomic E-state index is 0.0759. The normalized spacial score (nSPS) is 10.5. The van der Waals surface area contributed by atoms with E-state index in [1.54, 1.807) is 62.8 Å². The van der Waals surface area contributed by atoms with E-state index in [9.17, 15) is 14.4 Å². The average molecular weight is 336 g/mol. The molecule has 0 saturated carbocycles. The summed E-state index contributed by atoms with van der Waals surface area (Å²) in [5.74, 6) is -0.756. The summed E-state index contributed by atoms with van der Waals surface area (Å²) >= 11 is 0. The molecule has 7 heteroatoms. The van der Waals surface area contributed by atoms with Gasteiger partial charge in [0.2, 0.25) is 0 Å². The number of nitrogens with one attached hydrogen (secondary N) is 1. The van der Waals surface area contributed by atoms with Gasteiger partial charge >= 0.3 is 0 Å². The van der Waals surface area contributed by atoms with E-state index in [1.807, 2.05) is 0 Å². The molecule has 1 N–H and O–H groups in total. The summed E-state index contributed by atoms with van der Waals surface area (Å²) in [6.45, 7) is 0. The van der Waals surface area contributed by atoms with Gasteiger partial charge in [-0.05, 0) is 30.3 Å². The van der Waals surface area contributed by atoms with Crippen LogP contribution in [0.2, 0.25) is 0 Å². The third-order valence-corrected chi connectivity index (χ3v) is 3.63. The maximum Gasteiger partial charge on any atom is 0.270 e. The summed E-state index contributed by atoms with van der Waals surface area (Å²) in [7, 11) is 3.30.